The monoisotopic (exact) mass is 471 g/mol. The molecule has 0 saturated carbocycles. The number of carbonyl (C=O) groups is 2. The maximum absolute atomic E-state index is 12.8. The summed E-state index contributed by atoms with van der Waals surface area (Å²) in [4.78, 5) is 33.9. The number of amidine groups is 1. The van der Waals surface area contributed by atoms with Crippen LogP contribution < -0.4 is 4.74 Å². The SMILES string of the molecule is COc1ccc(Cl)cc1/C=C1/SC(=Nc2cccc(C(=O)N3CCOCC3)c2)N(C)C1=O. The average Bonchev–Trinajstić information content (AvgIpc) is 3.07. The first-order chi connectivity index (χ1) is 15.5. The van der Waals surface area contributed by atoms with E-state index in [1.165, 1.54) is 16.7 Å². The van der Waals surface area contributed by atoms with Gasteiger partial charge in [-0.05, 0) is 54.2 Å². The van der Waals surface area contributed by atoms with Crippen molar-refractivity contribution < 1.29 is 19.1 Å². The first-order valence-electron chi connectivity index (χ1n) is 10.0. The van der Waals surface area contributed by atoms with E-state index < -0.39 is 0 Å². The van der Waals surface area contributed by atoms with Crippen LogP contribution in [-0.4, -0.2) is 67.2 Å². The number of methoxy groups -OCH3 is 1. The van der Waals surface area contributed by atoms with Gasteiger partial charge < -0.3 is 14.4 Å². The molecule has 0 atom stereocenters. The molecular formula is C23H22ClN3O4S. The van der Waals surface area contributed by atoms with Crippen LogP contribution in [0.15, 0.2) is 52.4 Å². The van der Waals surface area contributed by atoms with Crippen LogP contribution in [0.1, 0.15) is 15.9 Å². The number of nitrogens with zero attached hydrogens (tertiary/aromatic N) is 3. The zero-order chi connectivity index (χ0) is 22.7. The van der Waals surface area contributed by atoms with Crippen molar-refractivity contribution in [2.75, 3.05) is 40.5 Å². The van der Waals surface area contributed by atoms with E-state index in [9.17, 15) is 9.59 Å². The highest BCUT2D eigenvalue weighted by Gasteiger charge is 2.30. The fraction of sp³-hybridized carbons (Fsp3) is 0.261. The van der Waals surface area contributed by atoms with Gasteiger partial charge in [0.15, 0.2) is 5.17 Å². The summed E-state index contributed by atoms with van der Waals surface area (Å²) in [5.41, 5.74) is 1.88. The number of ether oxygens (including phenoxy) is 2. The van der Waals surface area contributed by atoms with Gasteiger partial charge in [-0.3, -0.25) is 14.5 Å². The van der Waals surface area contributed by atoms with E-state index in [2.05, 4.69) is 4.99 Å². The predicted molar refractivity (Wildman–Crippen MR) is 127 cm³/mol. The van der Waals surface area contributed by atoms with E-state index in [1.54, 1.807) is 61.5 Å². The minimum Gasteiger partial charge on any atom is -0.496 e. The van der Waals surface area contributed by atoms with Gasteiger partial charge in [0, 0.05) is 36.3 Å². The summed E-state index contributed by atoms with van der Waals surface area (Å²) in [5, 5.41) is 1.08. The normalized spacial score (nSPS) is 19.2. The van der Waals surface area contributed by atoms with Gasteiger partial charge in [0.25, 0.3) is 11.8 Å². The number of hydrogen-bond acceptors (Lipinski definition) is 6. The maximum atomic E-state index is 12.8. The van der Waals surface area contributed by atoms with Gasteiger partial charge in [-0.25, -0.2) is 4.99 Å². The molecule has 2 aromatic carbocycles. The summed E-state index contributed by atoms with van der Waals surface area (Å²) in [6, 6.07) is 12.4. The van der Waals surface area contributed by atoms with Crippen LogP contribution in [0.25, 0.3) is 6.08 Å². The lowest BCUT2D eigenvalue weighted by molar-refractivity contribution is -0.121. The molecule has 32 heavy (non-hydrogen) atoms. The van der Waals surface area contributed by atoms with Gasteiger partial charge in [-0.2, -0.15) is 0 Å². The third-order valence-corrected chi connectivity index (χ3v) is 6.39. The van der Waals surface area contributed by atoms with Crippen molar-refractivity contribution >= 4 is 52.1 Å². The molecule has 2 heterocycles. The van der Waals surface area contributed by atoms with Crippen LogP contribution in [0, 0.1) is 0 Å². The van der Waals surface area contributed by atoms with Crippen LogP contribution in [0.2, 0.25) is 5.02 Å². The highest BCUT2D eigenvalue weighted by atomic mass is 35.5. The summed E-state index contributed by atoms with van der Waals surface area (Å²) in [6.45, 7) is 2.24. The molecule has 0 N–H and O–H groups in total. The summed E-state index contributed by atoms with van der Waals surface area (Å²) in [6.07, 6.45) is 1.75. The predicted octanol–water partition coefficient (Wildman–Crippen LogP) is 4.05. The van der Waals surface area contributed by atoms with E-state index >= 15 is 0 Å². The Hall–Kier alpha value is -2.81. The second-order valence-corrected chi connectivity index (χ2v) is 8.66. The van der Waals surface area contributed by atoms with Crippen molar-refractivity contribution in [3.05, 3.63) is 63.5 Å². The van der Waals surface area contributed by atoms with Gasteiger partial charge in [0.05, 0.1) is 30.9 Å². The Morgan fingerprint density at radius 2 is 2.00 bits per heavy atom. The Balaban J connectivity index is 1.58. The van der Waals surface area contributed by atoms with Gasteiger partial charge >= 0.3 is 0 Å². The third-order valence-electron chi connectivity index (χ3n) is 5.10. The van der Waals surface area contributed by atoms with Crippen molar-refractivity contribution in [3.63, 3.8) is 0 Å². The highest BCUT2D eigenvalue weighted by molar-refractivity contribution is 8.18. The molecular weight excluding hydrogens is 450 g/mol. The summed E-state index contributed by atoms with van der Waals surface area (Å²) < 4.78 is 10.7. The maximum Gasteiger partial charge on any atom is 0.266 e. The first-order valence-corrected chi connectivity index (χ1v) is 11.2. The van der Waals surface area contributed by atoms with Crippen LogP contribution in [0.3, 0.4) is 0 Å². The lowest BCUT2D eigenvalue weighted by atomic mass is 10.1. The lowest BCUT2D eigenvalue weighted by Gasteiger charge is -2.26. The fourth-order valence-electron chi connectivity index (χ4n) is 3.38. The number of benzene rings is 2. The van der Waals surface area contributed by atoms with Crippen LogP contribution >= 0.6 is 23.4 Å². The van der Waals surface area contributed by atoms with Gasteiger partial charge in [0.1, 0.15) is 5.75 Å². The Labute approximate surface area is 195 Å². The molecule has 2 saturated heterocycles. The second-order valence-electron chi connectivity index (χ2n) is 7.21. The Morgan fingerprint density at radius 1 is 1.22 bits per heavy atom. The third kappa shape index (κ3) is 4.82. The second kappa shape index (κ2) is 9.77. The molecule has 9 heteroatoms. The molecule has 2 aliphatic rings. The molecule has 7 nitrogen and oxygen atoms in total. The van der Waals surface area contributed by atoms with E-state index in [0.717, 1.165) is 0 Å². The zero-order valence-electron chi connectivity index (χ0n) is 17.7. The molecule has 2 aliphatic heterocycles. The number of hydrogen-bond donors (Lipinski definition) is 0. The van der Waals surface area contributed by atoms with Gasteiger partial charge in [-0.1, -0.05) is 17.7 Å². The van der Waals surface area contributed by atoms with Gasteiger partial charge in [0.2, 0.25) is 0 Å². The van der Waals surface area contributed by atoms with Gasteiger partial charge in [-0.15, -0.1) is 0 Å². The number of halogens is 1. The number of carbonyl (C=O) groups excluding carboxylic acids is 2. The van der Waals surface area contributed by atoms with Crippen molar-refractivity contribution in [1.29, 1.82) is 0 Å². The van der Waals surface area contributed by atoms with Crippen molar-refractivity contribution in [2.45, 2.75) is 0 Å². The molecule has 0 radical (unpaired) electrons. The molecule has 0 bridgehead atoms. The van der Waals surface area contributed by atoms with Crippen LogP contribution in [0.4, 0.5) is 5.69 Å². The summed E-state index contributed by atoms with van der Waals surface area (Å²) in [7, 11) is 3.24. The molecule has 0 spiro atoms. The lowest BCUT2D eigenvalue weighted by Crippen LogP contribution is -2.40. The number of likely N-dealkylation sites (N-methyl/N-ethyl adjacent to an activating group) is 1. The molecule has 0 unspecified atom stereocenters. The Kier molecular flexibility index (Phi) is 6.83. The van der Waals surface area contributed by atoms with Crippen molar-refractivity contribution in [1.82, 2.24) is 9.80 Å². The van der Waals surface area contributed by atoms with E-state index in [-0.39, 0.29) is 11.8 Å². The summed E-state index contributed by atoms with van der Waals surface area (Å²) in [5.74, 6) is 0.404. The minimum atomic E-state index is -0.170. The molecule has 166 valence electrons. The molecule has 4 rings (SSSR count). The number of amides is 2. The zero-order valence-corrected chi connectivity index (χ0v) is 19.3. The van der Waals surface area contributed by atoms with E-state index in [4.69, 9.17) is 21.1 Å². The first kappa shape index (κ1) is 22.4. The number of morpholine rings is 1. The molecule has 2 fully saturated rings. The number of aliphatic imine (C=N–C) groups is 1. The standard InChI is InChI=1S/C23H22ClN3O4S/c1-26-22(29)20(14-16-12-17(24)6-7-19(16)30-2)32-23(26)25-18-5-3-4-15(13-18)21(28)27-8-10-31-11-9-27/h3-7,12-14H,8-11H2,1-2H3/b20-14+,25-23?. The Morgan fingerprint density at radius 3 is 2.75 bits per heavy atom. The number of thioether (sulfide) groups is 1. The van der Waals surface area contributed by atoms with Crippen molar-refractivity contribution in [2.24, 2.45) is 4.99 Å². The highest BCUT2D eigenvalue weighted by Crippen LogP contribution is 2.35. The average molecular weight is 472 g/mol. The molecule has 2 amide bonds. The Bertz CT molecular complexity index is 1110. The van der Waals surface area contributed by atoms with E-state index in [0.29, 0.717) is 64.0 Å². The van der Waals surface area contributed by atoms with Crippen molar-refractivity contribution in [3.8, 4) is 5.75 Å². The van der Waals surface area contributed by atoms with E-state index in [1.807, 2.05) is 6.07 Å². The number of rotatable bonds is 4. The largest absolute Gasteiger partial charge is 0.496 e. The molecule has 0 aliphatic carbocycles. The topological polar surface area (TPSA) is 71.4 Å². The quantitative estimate of drug-likeness (QED) is 0.629. The van der Waals surface area contributed by atoms with Crippen LogP contribution in [-0.2, 0) is 9.53 Å². The summed E-state index contributed by atoms with van der Waals surface area (Å²) >= 11 is 7.37. The smallest absolute Gasteiger partial charge is 0.266 e. The fourth-order valence-corrected chi connectivity index (χ4v) is 4.54. The molecule has 0 aromatic heterocycles. The minimum absolute atomic E-state index is 0.0486. The van der Waals surface area contributed by atoms with Crippen LogP contribution in [0.5, 0.6) is 5.75 Å². The molecule has 2 aromatic rings.